The van der Waals surface area contributed by atoms with Crippen LogP contribution >= 0.6 is 0 Å². The van der Waals surface area contributed by atoms with Gasteiger partial charge in [0.1, 0.15) is 5.82 Å². The number of piperidine rings is 1. The van der Waals surface area contributed by atoms with Crippen LogP contribution in [-0.4, -0.2) is 53.0 Å². The molecule has 2 aliphatic rings. The van der Waals surface area contributed by atoms with E-state index in [-0.39, 0.29) is 17.8 Å². The van der Waals surface area contributed by atoms with Crippen molar-refractivity contribution in [1.82, 2.24) is 9.80 Å². The first-order chi connectivity index (χ1) is 11.0. The van der Waals surface area contributed by atoms with Gasteiger partial charge >= 0.3 is 0 Å². The second-order valence-corrected chi connectivity index (χ2v) is 6.76. The molecular weight excluding hydrogens is 295 g/mol. The van der Waals surface area contributed by atoms with Gasteiger partial charge in [-0.25, -0.2) is 4.39 Å². The molecule has 0 spiro atoms. The highest BCUT2D eigenvalue weighted by Gasteiger charge is 2.31. The number of aliphatic hydroxyl groups excluding tert-OH is 1. The van der Waals surface area contributed by atoms with Gasteiger partial charge in [0, 0.05) is 32.1 Å². The number of halogens is 1. The number of β-amino-alcohol motifs (C(OH)–C–C–N with tert-alkyl or cyclic N) is 1. The zero-order chi connectivity index (χ0) is 16.4. The van der Waals surface area contributed by atoms with Crippen molar-refractivity contribution >= 4 is 5.91 Å². The fourth-order valence-electron chi connectivity index (χ4n) is 3.86. The summed E-state index contributed by atoms with van der Waals surface area (Å²) < 4.78 is 13.2. The monoisotopic (exact) mass is 320 g/mol. The van der Waals surface area contributed by atoms with Crippen LogP contribution in [0.15, 0.2) is 18.2 Å². The summed E-state index contributed by atoms with van der Waals surface area (Å²) in [7, 11) is 0. The van der Waals surface area contributed by atoms with Gasteiger partial charge in [-0.2, -0.15) is 0 Å². The van der Waals surface area contributed by atoms with Crippen LogP contribution in [0.25, 0.3) is 0 Å². The van der Waals surface area contributed by atoms with Crippen molar-refractivity contribution in [2.75, 3.05) is 26.2 Å². The number of aryl methyl sites for hydroxylation is 1. The standard InChI is InChI=1S/C18H25FN2O2/c1-13-10-14(19)6-7-16(13)17(22)12-20-8-2-4-15(11-20)21-9-3-5-18(21)23/h6-7,10,15,17,22H,2-5,8-9,11-12H2,1H3. The molecule has 4 nitrogen and oxygen atoms in total. The average Bonchev–Trinajstić information content (AvgIpc) is 2.93. The maximum absolute atomic E-state index is 13.2. The van der Waals surface area contributed by atoms with Crippen LogP contribution in [0.1, 0.15) is 42.9 Å². The molecule has 2 atom stereocenters. The first-order valence-electron chi connectivity index (χ1n) is 8.50. The number of benzene rings is 1. The minimum atomic E-state index is -0.622. The Morgan fingerprint density at radius 2 is 2.17 bits per heavy atom. The highest BCUT2D eigenvalue weighted by molar-refractivity contribution is 5.78. The quantitative estimate of drug-likeness (QED) is 0.925. The molecular formula is C18H25FN2O2. The predicted octanol–water partition coefficient (Wildman–Crippen LogP) is 2.25. The van der Waals surface area contributed by atoms with Gasteiger partial charge in [-0.3, -0.25) is 9.69 Å². The Balaban J connectivity index is 1.61. The third kappa shape index (κ3) is 3.72. The summed E-state index contributed by atoms with van der Waals surface area (Å²) >= 11 is 0. The molecule has 1 aromatic carbocycles. The highest BCUT2D eigenvalue weighted by Crippen LogP contribution is 2.24. The summed E-state index contributed by atoms with van der Waals surface area (Å²) in [6.07, 6.45) is 3.11. The fourth-order valence-corrected chi connectivity index (χ4v) is 3.86. The normalized spacial score (nSPS) is 24.2. The Labute approximate surface area is 136 Å². The maximum Gasteiger partial charge on any atom is 0.222 e. The van der Waals surface area contributed by atoms with Crippen molar-refractivity contribution < 1.29 is 14.3 Å². The van der Waals surface area contributed by atoms with E-state index in [1.165, 1.54) is 12.1 Å². The zero-order valence-corrected chi connectivity index (χ0v) is 13.7. The number of likely N-dealkylation sites (tertiary alicyclic amines) is 2. The summed E-state index contributed by atoms with van der Waals surface area (Å²) in [6.45, 7) is 4.99. The lowest BCUT2D eigenvalue weighted by molar-refractivity contribution is -0.130. The third-order valence-electron chi connectivity index (χ3n) is 5.05. The molecule has 0 bridgehead atoms. The van der Waals surface area contributed by atoms with Gasteiger partial charge in [-0.05, 0) is 56.0 Å². The van der Waals surface area contributed by atoms with Crippen LogP contribution in [0.2, 0.25) is 0 Å². The second kappa shape index (κ2) is 6.97. The molecule has 0 radical (unpaired) electrons. The van der Waals surface area contributed by atoms with Crippen LogP contribution in [0.3, 0.4) is 0 Å². The minimum Gasteiger partial charge on any atom is -0.387 e. The molecule has 0 aliphatic carbocycles. The molecule has 2 aliphatic heterocycles. The first kappa shape index (κ1) is 16.4. The Kier molecular flexibility index (Phi) is 4.97. The molecule has 1 N–H and O–H groups in total. The molecule has 5 heteroatoms. The average molecular weight is 320 g/mol. The number of carbonyl (C=O) groups is 1. The molecule has 2 fully saturated rings. The van der Waals surface area contributed by atoms with Crippen LogP contribution in [0, 0.1) is 12.7 Å². The second-order valence-electron chi connectivity index (χ2n) is 6.76. The largest absolute Gasteiger partial charge is 0.387 e. The Hall–Kier alpha value is -1.46. The van der Waals surface area contributed by atoms with Crippen molar-refractivity contribution in [3.8, 4) is 0 Å². The fraction of sp³-hybridized carbons (Fsp3) is 0.611. The maximum atomic E-state index is 13.2. The SMILES string of the molecule is Cc1cc(F)ccc1C(O)CN1CCCC(N2CCCC2=O)C1. The molecule has 1 aromatic rings. The van der Waals surface area contributed by atoms with E-state index in [0.29, 0.717) is 13.0 Å². The van der Waals surface area contributed by atoms with Crippen molar-refractivity contribution in [3.05, 3.63) is 35.1 Å². The van der Waals surface area contributed by atoms with Crippen LogP contribution in [-0.2, 0) is 4.79 Å². The van der Waals surface area contributed by atoms with Gasteiger partial charge in [0.2, 0.25) is 5.91 Å². The molecule has 1 amide bonds. The van der Waals surface area contributed by atoms with Gasteiger partial charge in [0.15, 0.2) is 0 Å². The molecule has 3 rings (SSSR count). The molecule has 2 unspecified atom stereocenters. The molecule has 126 valence electrons. The number of rotatable bonds is 4. The van der Waals surface area contributed by atoms with E-state index in [9.17, 15) is 14.3 Å². The molecule has 0 aromatic heterocycles. The third-order valence-corrected chi connectivity index (χ3v) is 5.05. The summed E-state index contributed by atoms with van der Waals surface area (Å²) in [5.74, 6) is -0.00388. The summed E-state index contributed by atoms with van der Waals surface area (Å²) in [6, 6.07) is 4.80. The Bertz CT molecular complexity index is 578. The highest BCUT2D eigenvalue weighted by atomic mass is 19.1. The number of amides is 1. The van der Waals surface area contributed by atoms with Crippen LogP contribution < -0.4 is 0 Å². The minimum absolute atomic E-state index is 0.270. The number of hydrogen-bond acceptors (Lipinski definition) is 3. The van der Waals surface area contributed by atoms with E-state index < -0.39 is 6.10 Å². The number of carbonyl (C=O) groups excluding carboxylic acids is 1. The van der Waals surface area contributed by atoms with E-state index in [4.69, 9.17) is 0 Å². The molecule has 2 heterocycles. The zero-order valence-electron chi connectivity index (χ0n) is 13.7. The lowest BCUT2D eigenvalue weighted by Gasteiger charge is -2.38. The lowest BCUT2D eigenvalue weighted by atomic mass is 10.00. The number of hydrogen-bond donors (Lipinski definition) is 1. The molecule has 23 heavy (non-hydrogen) atoms. The van der Waals surface area contributed by atoms with Gasteiger partial charge in [-0.15, -0.1) is 0 Å². The molecule has 0 saturated carbocycles. The number of aliphatic hydroxyl groups is 1. The topological polar surface area (TPSA) is 43.8 Å². The molecule has 2 saturated heterocycles. The van der Waals surface area contributed by atoms with E-state index in [1.807, 2.05) is 11.8 Å². The summed E-state index contributed by atoms with van der Waals surface area (Å²) in [5, 5.41) is 10.5. The van der Waals surface area contributed by atoms with Crippen molar-refractivity contribution in [2.24, 2.45) is 0 Å². The Morgan fingerprint density at radius 3 is 2.87 bits per heavy atom. The van der Waals surface area contributed by atoms with Crippen molar-refractivity contribution in [3.63, 3.8) is 0 Å². The van der Waals surface area contributed by atoms with Crippen molar-refractivity contribution in [2.45, 2.75) is 44.8 Å². The summed E-state index contributed by atoms with van der Waals surface area (Å²) in [4.78, 5) is 16.2. The van der Waals surface area contributed by atoms with Crippen molar-refractivity contribution in [1.29, 1.82) is 0 Å². The van der Waals surface area contributed by atoms with Gasteiger partial charge in [-0.1, -0.05) is 6.07 Å². The van der Waals surface area contributed by atoms with Gasteiger partial charge in [0.25, 0.3) is 0 Å². The summed E-state index contributed by atoms with van der Waals surface area (Å²) in [5.41, 5.74) is 1.56. The Morgan fingerprint density at radius 1 is 1.35 bits per heavy atom. The van der Waals surface area contributed by atoms with E-state index in [0.717, 1.165) is 50.0 Å². The smallest absolute Gasteiger partial charge is 0.222 e. The first-order valence-corrected chi connectivity index (χ1v) is 8.50. The number of nitrogens with zero attached hydrogens (tertiary/aromatic N) is 2. The van der Waals surface area contributed by atoms with E-state index >= 15 is 0 Å². The van der Waals surface area contributed by atoms with E-state index in [2.05, 4.69) is 4.90 Å². The predicted molar refractivity (Wildman–Crippen MR) is 86.5 cm³/mol. The van der Waals surface area contributed by atoms with Crippen LogP contribution in [0.5, 0.6) is 0 Å². The van der Waals surface area contributed by atoms with E-state index in [1.54, 1.807) is 6.07 Å². The van der Waals surface area contributed by atoms with Crippen LogP contribution in [0.4, 0.5) is 4.39 Å². The van der Waals surface area contributed by atoms with Gasteiger partial charge < -0.3 is 10.0 Å². The lowest BCUT2D eigenvalue weighted by Crippen LogP contribution is -2.49. The van der Waals surface area contributed by atoms with Gasteiger partial charge in [0.05, 0.1) is 6.10 Å².